The average Bonchev–Trinajstić information content (AvgIpc) is 3.08. The van der Waals surface area contributed by atoms with Crippen LogP contribution in [-0.4, -0.2) is 53.7 Å². The third-order valence-electron chi connectivity index (χ3n) is 3.64. The van der Waals surface area contributed by atoms with E-state index in [1.807, 2.05) is 0 Å². The first-order valence-electron chi connectivity index (χ1n) is 7.15. The van der Waals surface area contributed by atoms with Gasteiger partial charge < -0.3 is 29.5 Å². The molecular weight excluding hydrogens is 334 g/mol. The molecule has 3 N–H and O–H groups in total. The quantitative estimate of drug-likeness (QED) is 0.549. The highest BCUT2D eigenvalue weighted by Crippen LogP contribution is 2.25. The van der Waals surface area contributed by atoms with Crippen molar-refractivity contribution < 1.29 is 23.8 Å². The summed E-state index contributed by atoms with van der Waals surface area (Å²) in [6, 6.07) is 5.15. The molecule has 2 aromatic rings. The van der Waals surface area contributed by atoms with Crippen LogP contribution in [0.5, 0.6) is 0 Å². The summed E-state index contributed by atoms with van der Waals surface area (Å²) in [6.07, 6.45) is 0. The first-order chi connectivity index (χ1) is 11.5. The van der Waals surface area contributed by atoms with Gasteiger partial charge in [0.15, 0.2) is 5.58 Å². The zero-order valence-electron chi connectivity index (χ0n) is 12.8. The maximum Gasteiger partial charge on any atom is 0.337 e. The number of benzene rings is 1. The summed E-state index contributed by atoms with van der Waals surface area (Å²) in [4.78, 5) is 28.9. The minimum absolute atomic E-state index is 0.0848. The molecule has 1 aromatic heterocycles. The number of carbonyl (C=O) groups excluding carboxylic acids is 2. The van der Waals surface area contributed by atoms with Gasteiger partial charge in [-0.05, 0) is 24.4 Å². The lowest BCUT2D eigenvalue weighted by atomic mass is 10.2. The number of aromatic nitrogens is 1. The Labute approximate surface area is 141 Å². The van der Waals surface area contributed by atoms with Gasteiger partial charge in [-0.25, -0.2) is 4.79 Å². The van der Waals surface area contributed by atoms with Crippen molar-refractivity contribution in [2.45, 2.75) is 0 Å². The number of esters is 1. The Morgan fingerprint density at radius 2 is 2.33 bits per heavy atom. The van der Waals surface area contributed by atoms with Crippen LogP contribution in [0.1, 0.15) is 0 Å². The zero-order valence-corrected chi connectivity index (χ0v) is 13.6. The second-order valence-corrected chi connectivity index (χ2v) is 5.52. The van der Waals surface area contributed by atoms with Gasteiger partial charge in [0.2, 0.25) is 0 Å². The number of aliphatic hydroxyl groups is 1. The van der Waals surface area contributed by atoms with E-state index in [4.69, 9.17) is 26.5 Å². The number of β-amino-alcohol motifs (C(OH)–C–C–N with tert-alkyl or cyclic N) is 1. The van der Waals surface area contributed by atoms with Gasteiger partial charge in [-0.2, -0.15) is 0 Å². The van der Waals surface area contributed by atoms with E-state index >= 15 is 0 Å². The Morgan fingerprint density at radius 1 is 1.54 bits per heavy atom. The van der Waals surface area contributed by atoms with Crippen molar-refractivity contribution in [3.8, 4) is 0 Å². The van der Waals surface area contributed by atoms with E-state index in [1.54, 1.807) is 18.2 Å². The number of aliphatic hydroxyl groups excluding tert-OH is 1. The smallest absolute Gasteiger partial charge is 0.337 e. The Bertz CT molecular complexity index is 898. The summed E-state index contributed by atoms with van der Waals surface area (Å²) < 4.78 is 10.1. The van der Waals surface area contributed by atoms with Gasteiger partial charge in [0.1, 0.15) is 5.70 Å². The largest absolute Gasteiger partial charge is 0.466 e. The first-order valence-corrected chi connectivity index (χ1v) is 7.56. The molecule has 0 saturated heterocycles. The lowest BCUT2D eigenvalue weighted by molar-refractivity contribution is -0.136. The van der Waals surface area contributed by atoms with E-state index < -0.39 is 5.97 Å². The molecule has 1 aliphatic rings. The maximum absolute atomic E-state index is 12.4. The van der Waals surface area contributed by atoms with Crippen LogP contribution in [-0.2, 0) is 14.3 Å². The van der Waals surface area contributed by atoms with E-state index in [2.05, 4.69) is 10.3 Å². The predicted octanol–water partition coefficient (Wildman–Crippen LogP) is 1.16. The lowest BCUT2D eigenvalue weighted by Gasteiger charge is -2.14. The van der Waals surface area contributed by atoms with Crippen molar-refractivity contribution in [2.75, 3.05) is 32.1 Å². The third kappa shape index (κ3) is 2.91. The Hall–Kier alpha value is -2.65. The van der Waals surface area contributed by atoms with Gasteiger partial charge in [-0.3, -0.25) is 4.79 Å². The first kappa shape index (κ1) is 16.2. The number of nitrogens with one attached hydrogen (secondary N) is 2. The SMILES string of the molecule is COC(=O)C1=C(Nc2ccc3[nH]c(=S)oc3c2)C(=O)N(CCO)C1. The number of oxazole rings is 1. The molecule has 0 fully saturated rings. The Morgan fingerprint density at radius 3 is 3.04 bits per heavy atom. The number of amides is 1. The second-order valence-electron chi connectivity index (χ2n) is 5.15. The Kier molecular flexibility index (Phi) is 4.36. The van der Waals surface area contributed by atoms with E-state index in [1.165, 1.54) is 12.0 Å². The number of hydrogen-bond donors (Lipinski definition) is 3. The minimum Gasteiger partial charge on any atom is -0.466 e. The van der Waals surface area contributed by atoms with Crippen LogP contribution in [0.2, 0.25) is 0 Å². The molecule has 2 heterocycles. The highest BCUT2D eigenvalue weighted by atomic mass is 32.1. The standard InChI is InChI=1S/C15H15N3O5S/c1-22-14(21)9-7-18(4-5-19)13(20)12(9)16-8-2-3-10-11(6-8)23-15(24)17-10/h2-3,6,16,19H,4-5,7H2,1H3,(H,17,24). The number of fused-ring (bicyclic) bond motifs is 1. The number of anilines is 1. The molecule has 8 nitrogen and oxygen atoms in total. The summed E-state index contributed by atoms with van der Waals surface area (Å²) in [5.74, 6) is -0.967. The van der Waals surface area contributed by atoms with Crippen molar-refractivity contribution >= 4 is 40.9 Å². The topological polar surface area (TPSA) is 108 Å². The van der Waals surface area contributed by atoms with Crippen molar-refractivity contribution in [3.05, 3.63) is 34.3 Å². The second kappa shape index (κ2) is 6.46. The molecule has 0 saturated carbocycles. The molecule has 1 amide bonds. The number of methoxy groups -OCH3 is 1. The zero-order chi connectivity index (χ0) is 17.3. The van der Waals surface area contributed by atoms with Gasteiger partial charge in [0, 0.05) is 18.3 Å². The van der Waals surface area contributed by atoms with Crippen molar-refractivity contribution in [2.24, 2.45) is 0 Å². The van der Waals surface area contributed by atoms with Gasteiger partial charge in [-0.1, -0.05) is 0 Å². The number of rotatable bonds is 5. The molecule has 0 aliphatic carbocycles. The Balaban J connectivity index is 1.94. The molecule has 9 heteroatoms. The summed E-state index contributed by atoms with van der Waals surface area (Å²) >= 11 is 4.93. The van der Waals surface area contributed by atoms with Crippen molar-refractivity contribution in [1.29, 1.82) is 0 Å². The fraction of sp³-hybridized carbons (Fsp3) is 0.267. The summed E-state index contributed by atoms with van der Waals surface area (Å²) in [6.45, 7) is 0.0285. The summed E-state index contributed by atoms with van der Waals surface area (Å²) in [5.41, 5.74) is 2.17. The fourth-order valence-electron chi connectivity index (χ4n) is 2.52. The van der Waals surface area contributed by atoms with Crippen LogP contribution < -0.4 is 5.32 Å². The van der Waals surface area contributed by atoms with E-state index in [9.17, 15) is 9.59 Å². The van der Waals surface area contributed by atoms with Gasteiger partial charge >= 0.3 is 5.97 Å². The molecule has 0 atom stereocenters. The molecule has 0 spiro atoms. The summed E-state index contributed by atoms with van der Waals surface area (Å²) in [5, 5.41) is 12.0. The number of aromatic amines is 1. The molecule has 126 valence electrons. The molecule has 1 aromatic carbocycles. The van der Waals surface area contributed by atoms with Gasteiger partial charge in [0.25, 0.3) is 10.7 Å². The number of carbonyl (C=O) groups is 2. The van der Waals surface area contributed by atoms with Crippen LogP contribution in [0.4, 0.5) is 5.69 Å². The lowest BCUT2D eigenvalue weighted by Crippen LogP contribution is -2.31. The number of nitrogens with zero attached hydrogens (tertiary/aromatic N) is 1. The molecule has 0 bridgehead atoms. The van der Waals surface area contributed by atoms with Gasteiger partial charge in [0.05, 0.1) is 31.4 Å². The highest BCUT2D eigenvalue weighted by Gasteiger charge is 2.34. The van der Waals surface area contributed by atoms with Gasteiger partial charge in [-0.15, -0.1) is 0 Å². The van der Waals surface area contributed by atoms with E-state index in [0.29, 0.717) is 11.3 Å². The fourth-order valence-corrected chi connectivity index (χ4v) is 2.72. The monoisotopic (exact) mass is 349 g/mol. The summed E-state index contributed by atoms with van der Waals surface area (Å²) in [7, 11) is 1.25. The highest BCUT2D eigenvalue weighted by molar-refractivity contribution is 7.71. The molecule has 3 rings (SSSR count). The normalized spacial score (nSPS) is 14.6. The van der Waals surface area contributed by atoms with Crippen molar-refractivity contribution in [1.82, 2.24) is 9.88 Å². The number of ether oxygens (including phenoxy) is 1. The number of H-pyrrole nitrogens is 1. The van der Waals surface area contributed by atoms with E-state index in [0.717, 1.165) is 5.52 Å². The predicted molar refractivity (Wildman–Crippen MR) is 87.7 cm³/mol. The number of hydrogen-bond acceptors (Lipinski definition) is 7. The van der Waals surface area contributed by atoms with Crippen LogP contribution in [0.25, 0.3) is 11.1 Å². The van der Waals surface area contributed by atoms with Crippen LogP contribution in [0.3, 0.4) is 0 Å². The van der Waals surface area contributed by atoms with Crippen LogP contribution in [0.15, 0.2) is 33.9 Å². The maximum atomic E-state index is 12.4. The van der Waals surface area contributed by atoms with Crippen LogP contribution >= 0.6 is 12.2 Å². The van der Waals surface area contributed by atoms with Crippen LogP contribution in [0, 0.1) is 4.84 Å². The third-order valence-corrected chi connectivity index (χ3v) is 3.83. The molecule has 24 heavy (non-hydrogen) atoms. The average molecular weight is 349 g/mol. The molecule has 0 unspecified atom stereocenters. The minimum atomic E-state index is -0.591. The van der Waals surface area contributed by atoms with Crippen molar-refractivity contribution in [3.63, 3.8) is 0 Å². The molecule has 0 radical (unpaired) electrons. The molecule has 1 aliphatic heterocycles. The molecular formula is C15H15N3O5S. The van der Waals surface area contributed by atoms with E-state index in [-0.39, 0.29) is 41.7 Å².